The van der Waals surface area contributed by atoms with E-state index in [1.54, 1.807) is 6.08 Å². The number of quaternary nitrogens is 1. The summed E-state index contributed by atoms with van der Waals surface area (Å²) in [5.74, 6) is -0.210. The van der Waals surface area contributed by atoms with Crippen LogP contribution in [0.2, 0.25) is 0 Å². The number of hydrogen-bond donors (Lipinski definition) is 2. The van der Waals surface area contributed by atoms with Gasteiger partial charge in [0.1, 0.15) is 13.2 Å². The Morgan fingerprint density at radius 3 is 1.21 bits per heavy atom. The van der Waals surface area contributed by atoms with E-state index in [0.29, 0.717) is 17.4 Å². The molecule has 67 heavy (non-hydrogen) atoms. The molecule has 8 nitrogen and oxygen atoms in total. The summed E-state index contributed by atoms with van der Waals surface area (Å²) in [6.07, 6.45) is 64.8. The standard InChI is InChI=1S/C58H111N2O6P/c1-6-8-10-12-14-16-18-20-22-24-25-26-27-28-29-30-31-32-33-34-36-38-40-42-44-46-48-50-52-58(62)59-56(55-66-67(63,64)65-54-53-60(3,4)5)57(61)51-49-47-45-43-41-39-37-35-23-21-19-17-15-13-11-9-7-2/h23,28-29,35,41,43,49,51,56-57,61H,6-22,24-27,30-34,36-40,42,44-48,50,52-55H2,1-5H3,(H-,59,62,63,64)/b29-28-,35-23+,43-41+,51-49+. The van der Waals surface area contributed by atoms with Gasteiger partial charge in [-0.05, 0) is 70.6 Å². The summed E-state index contributed by atoms with van der Waals surface area (Å²) < 4.78 is 23.3. The number of hydrogen-bond acceptors (Lipinski definition) is 6. The topological polar surface area (TPSA) is 108 Å². The molecule has 3 unspecified atom stereocenters. The molecule has 3 atom stereocenters. The molecule has 0 fully saturated rings. The number of aliphatic hydroxyl groups is 1. The van der Waals surface area contributed by atoms with Crippen molar-refractivity contribution >= 4 is 13.7 Å². The van der Waals surface area contributed by atoms with Crippen LogP contribution in [0.15, 0.2) is 48.6 Å². The van der Waals surface area contributed by atoms with E-state index in [0.717, 1.165) is 44.9 Å². The van der Waals surface area contributed by atoms with E-state index in [2.05, 4.69) is 55.6 Å². The zero-order chi connectivity index (χ0) is 49.2. The minimum Gasteiger partial charge on any atom is -0.756 e. The molecule has 0 aliphatic heterocycles. The maximum Gasteiger partial charge on any atom is 0.268 e. The van der Waals surface area contributed by atoms with Crippen LogP contribution >= 0.6 is 7.82 Å². The highest BCUT2D eigenvalue weighted by atomic mass is 31.2. The third-order valence-electron chi connectivity index (χ3n) is 12.7. The molecule has 0 aromatic rings. The van der Waals surface area contributed by atoms with E-state index in [-0.39, 0.29) is 12.5 Å². The first-order valence-corrected chi connectivity index (χ1v) is 30.0. The summed E-state index contributed by atoms with van der Waals surface area (Å²) in [5.41, 5.74) is 0. The smallest absolute Gasteiger partial charge is 0.268 e. The largest absolute Gasteiger partial charge is 0.756 e. The van der Waals surface area contributed by atoms with Gasteiger partial charge in [0, 0.05) is 6.42 Å². The van der Waals surface area contributed by atoms with Gasteiger partial charge in [-0.1, -0.05) is 236 Å². The fourth-order valence-electron chi connectivity index (χ4n) is 8.24. The van der Waals surface area contributed by atoms with Crippen LogP contribution in [0.1, 0.15) is 264 Å². The fraction of sp³-hybridized carbons (Fsp3) is 0.845. The number of carbonyl (C=O) groups excluding carboxylic acids is 1. The molecule has 0 spiro atoms. The SMILES string of the molecule is CCCCCCCCC/C=C/CC/C=C/CC/C=C/C(O)C(COP(=O)([O-])OCC[N+](C)(C)C)NC(=O)CCCCCCCCCCCCCC/C=C\CCCCCCCCCCCCCC. The lowest BCUT2D eigenvalue weighted by Crippen LogP contribution is -2.45. The lowest BCUT2D eigenvalue weighted by molar-refractivity contribution is -0.870. The van der Waals surface area contributed by atoms with Gasteiger partial charge in [0.15, 0.2) is 0 Å². The minimum atomic E-state index is -4.61. The quantitative estimate of drug-likeness (QED) is 0.0272. The molecule has 0 aliphatic carbocycles. The van der Waals surface area contributed by atoms with Crippen molar-refractivity contribution in [1.29, 1.82) is 0 Å². The molecule has 0 saturated carbocycles. The summed E-state index contributed by atoms with van der Waals surface area (Å²) in [6, 6.07) is -0.910. The van der Waals surface area contributed by atoms with E-state index >= 15 is 0 Å². The Bertz CT molecular complexity index is 1230. The van der Waals surface area contributed by atoms with Crippen LogP contribution in [0.3, 0.4) is 0 Å². The van der Waals surface area contributed by atoms with E-state index in [1.165, 1.54) is 199 Å². The van der Waals surface area contributed by atoms with E-state index in [9.17, 15) is 19.4 Å². The van der Waals surface area contributed by atoms with Gasteiger partial charge in [0.25, 0.3) is 7.82 Å². The fourth-order valence-corrected chi connectivity index (χ4v) is 8.96. The van der Waals surface area contributed by atoms with Gasteiger partial charge in [-0.15, -0.1) is 0 Å². The lowest BCUT2D eigenvalue weighted by atomic mass is 10.0. The van der Waals surface area contributed by atoms with Crippen molar-refractivity contribution in [3.05, 3.63) is 48.6 Å². The maximum absolute atomic E-state index is 12.9. The number of nitrogens with zero attached hydrogens (tertiary/aromatic N) is 1. The van der Waals surface area contributed by atoms with Crippen LogP contribution in [0.4, 0.5) is 0 Å². The van der Waals surface area contributed by atoms with Crippen LogP contribution in [0.25, 0.3) is 0 Å². The molecule has 0 aromatic carbocycles. The Hall–Kier alpha value is -1.54. The van der Waals surface area contributed by atoms with Gasteiger partial charge in [0.05, 0.1) is 39.9 Å². The van der Waals surface area contributed by atoms with Crippen LogP contribution in [-0.4, -0.2) is 68.5 Å². The molecular formula is C58H111N2O6P. The molecule has 9 heteroatoms. The van der Waals surface area contributed by atoms with Gasteiger partial charge in [-0.3, -0.25) is 9.36 Å². The first kappa shape index (κ1) is 65.5. The molecule has 0 bridgehead atoms. The Morgan fingerprint density at radius 2 is 0.836 bits per heavy atom. The third-order valence-corrected chi connectivity index (χ3v) is 13.7. The monoisotopic (exact) mass is 963 g/mol. The Morgan fingerprint density at radius 1 is 0.507 bits per heavy atom. The van der Waals surface area contributed by atoms with Crippen LogP contribution < -0.4 is 10.2 Å². The number of phosphoric acid groups is 1. The maximum atomic E-state index is 12.9. The number of likely N-dealkylation sites (N-methyl/N-ethyl adjacent to an activating group) is 1. The second-order valence-electron chi connectivity index (χ2n) is 20.6. The third kappa shape index (κ3) is 52.1. The zero-order valence-electron chi connectivity index (χ0n) is 44.9. The van der Waals surface area contributed by atoms with Crippen molar-refractivity contribution in [1.82, 2.24) is 5.32 Å². The summed E-state index contributed by atoms with van der Waals surface area (Å²) >= 11 is 0. The Labute approximate surface area is 416 Å². The van der Waals surface area contributed by atoms with Crippen LogP contribution in [0, 0.1) is 0 Å². The summed E-state index contributed by atoms with van der Waals surface area (Å²) in [4.78, 5) is 25.5. The van der Waals surface area contributed by atoms with E-state index in [4.69, 9.17) is 9.05 Å². The van der Waals surface area contributed by atoms with Crippen molar-refractivity contribution in [2.24, 2.45) is 0 Å². The highest BCUT2D eigenvalue weighted by Crippen LogP contribution is 2.38. The first-order chi connectivity index (χ1) is 32.5. The summed E-state index contributed by atoms with van der Waals surface area (Å²) in [5, 5.41) is 13.8. The normalized spacial score (nSPS) is 14.3. The van der Waals surface area contributed by atoms with E-state index in [1.807, 2.05) is 27.2 Å². The van der Waals surface area contributed by atoms with Crippen molar-refractivity contribution in [3.8, 4) is 0 Å². The summed E-state index contributed by atoms with van der Waals surface area (Å²) in [6.45, 7) is 4.63. The average Bonchev–Trinajstić information content (AvgIpc) is 3.29. The molecule has 0 aromatic heterocycles. The Kier molecular flexibility index (Phi) is 48.3. The number of rotatable bonds is 52. The number of amides is 1. The number of aliphatic hydroxyl groups excluding tert-OH is 1. The number of unbranched alkanes of at least 4 members (excludes halogenated alkanes) is 33. The van der Waals surface area contributed by atoms with Crippen LogP contribution in [-0.2, 0) is 18.4 Å². The average molecular weight is 964 g/mol. The molecule has 0 aliphatic rings. The van der Waals surface area contributed by atoms with Crippen molar-refractivity contribution in [2.45, 2.75) is 276 Å². The molecule has 0 radical (unpaired) electrons. The predicted octanol–water partition coefficient (Wildman–Crippen LogP) is 16.5. The second-order valence-corrected chi connectivity index (χ2v) is 22.0. The zero-order valence-corrected chi connectivity index (χ0v) is 45.7. The van der Waals surface area contributed by atoms with Crippen molar-refractivity contribution in [3.63, 3.8) is 0 Å². The Balaban J connectivity index is 4.20. The molecule has 0 saturated heterocycles. The summed E-state index contributed by atoms with van der Waals surface area (Å²) in [7, 11) is 1.24. The highest BCUT2D eigenvalue weighted by Gasteiger charge is 2.23. The second kappa shape index (κ2) is 49.4. The number of carbonyl (C=O) groups is 1. The van der Waals surface area contributed by atoms with E-state index < -0.39 is 26.6 Å². The van der Waals surface area contributed by atoms with Crippen molar-refractivity contribution in [2.75, 3.05) is 40.9 Å². The molecule has 0 heterocycles. The van der Waals surface area contributed by atoms with Gasteiger partial charge < -0.3 is 28.8 Å². The lowest BCUT2D eigenvalue weighted by Gasteiger charge is -2.29. The van der Waals surface area contributed by atoms with Gasteiger partial charge in [-0.2, -0.15) is 0 Å². The predicted molar refractivity (Wildman–Crippen MR) is 288 cm³/mol. The number of nitrogens with one attached hydrogen (secondary N) is 1. The minimum absolute atomic E-state index is 0.00928. The van der Waals surface area contributed by atoms with Crippen LogP contribution in [0.5, 0.6) is 0 Å². The van der Waals surface area contributed by atoms with Gasteiger partial charge >= 0.3 is 0 Å². The molecule has 1 amide bonds. The molecule has 0 rings (SSSR count). The molecule has 394 valence electrons. The number of phosphoric ester groups is 1. The van der Waals surface area contributed by atoms with Crippen molar-refractivity contribution < 1.29 is 32.9 Å². The van der Waals surface area contributed by atoms with Gasteiger partial charge in [0.2, 0.25) is 5.91 Å². The van der Waals surface area contributed by atoms with Gasteiger partial charge in [-0.25, -0.2) is 0 Å². The first-order valence-electron chi connectivity index (χ1n) is 28.5. The molecule has 2 N–H and O–H groups in total. The molecular weight excluding hydrogens is 852 g/mol. The number of allylic oxidation sites excluding steroid dienone is 7. The highest BCUT2D eigenvalue weighted by molar-refractivity contribution is 7.45.